The molecule has 2 saturated carbocycles. The number of piperidine rings is 1. The normalized spacial score (nSPS) is 46.6. The van der Waals surface area contributed by atoms with E-state index in [0.29, 0.717) is 36.8 Å². The molecule has 0 aromatic heterocycles. The third-order valence-electron chi connectivity index (χ3n) is 6.77. The van der Waals surface area contributed by atoms with Crippen LogP contribution in [0.15, 0.2) is 0 Å². The van der Waals surface area contributed by atoms with E-state index in [-0.39, 0.29) is 6.10 Å². The van der Waals surface area contributed by atoms with Crippen molar-refractivity contribution < 1.29 is 18.6 Å². The van der Waals surface area contributed by atoms with Gasteiger partial charge in [-0.2, -0.15) is 0 Å². The Labute approximate surface area is 144 Å². The van der Waals surface area contributed by atoms with Crippen molar-refractivity contribution in [2.45, 2.75) is 75.9 Å². The fourth-order valence-electron chi connectivity index (χ4n) is 5.31. The Bertz CT molecular complexity index is 402. The Kier molecular flexibility index (Phi) is 5.72. The number of nitrogens with one attached hydrogen (secondary N) is 1. The van der Waals surface area contributed by atoms with Crippen molar-refractivity contribution in [2.24, 2.45) is 17.8 Å². The molecule has 0 radical (unpaired) electrons. The van der Waals surface area contributed by atoms with Gasteiger partial charge in [-0.15, -0.1) is 0 Å². The van der Waals surface area contributed by atoms with Crippen LogP contribution in [0.4, 0.5) is 4.39 Å². The van der Waals surface area contributed by atoms with Crippen molar-refractivity contribution in [1.29, 1.82) is 0 Å². The topological polar surface area (TPSA) is 39.7 Å². The molecule has 2 heterocycles. The van der Waals surface area contributed by atoms with Crippen LogP contribution in [0, 0.1) is 17.8 Å². The first-order chi connectivity index (χ1) is 11.8. The summed E-state index contributed by atoms with van der Waals surface area (Å²) in [6.07, 6.45) is 8.32. The summed E-state index contributed by atoms with van der Waals surface area (Å²) in [6, 6.07) is 0. The number of hydrogen-bond donors (Lipinski definition) is 1. The third kappa shape index (κ3) is 3.95. The average molecular weight is 341 g/mol. The van der Waals surface area contributed by atoms with Crippen LogP contribution in [0.3, 0.4) is 0 Å². The van der Waals surface area contributed by atoms with Crippen LogP contribution in [-0.2, 0) is 14.2 Å². The van der Waals surface area contributed by atoms with Crippen molar-refractivity contribution in [3.63, 3.8) is 0 Å². The third-order valence-corrected chi connectivity index (χ3v) is 6.77. The van der Waals surface area contributed by atoms with Crippen LogP contribution in [0.25, 0.3) is 0 Å². The molecule has 5 heteroatoms. The Morgan fingerprint density at radius 3 is 2.67 bits per heavy atom. The van der Waals surface area contributed by atoms with Gasteiger partial charge in [-0.3, -0.25) is 0 Å². The quantitative estimate of drug-likeness (QED) is 0.853. The zero-order valence-electron chi connectivity index (χ0n) is 14.6. The van der Waals surface area contributed by atoms with Crippen LogP contribution >= 0.6 is 0 Å². The predicted molar refractivity (Wildman–Crippen MR) is 89.5 cm³/mol. The molecule has 4 aliphatic rings. The van der Waals surface area contributed by atoms with Gasteiger partial charge >= 0.3 is 0 Å². The lowest BCUT2D eigenvalue weighted by atomic mass is 9.71. The monoisotopic (exact) mass is 341 g/mol. The van der Waals surface area contributed by atoms with E-state index in [1.54, 1.807) is 0 Å². The molecular formula is C19H32FNO3. The molecule has 24 heavy (non-hydrogen) atoms. The molecular weight excluding hydrogens is 309 g/mol. The summed E-state index contributed by atoms with van der Waals surface area (Å²) in [5.41, 5.74) is 0. The maximum atomic E-state index is 13.5. The maximum absolute atomic E-state index is 13.5. The van der Waals surface area contributed by atoms with Crippen LogP contribution in [0.1, 0.15) is 51.4 Å². The molecule has 5 atom stereocenters. The van der Waals surface area contributed by atoms with Crippen LogP contribution in [-0.4, -0.2) is 51.0 Å². The SMILES string of the molecule is FC1CCC([C@@H]2CCNC[C@H]2COC2CCC3OCOC3C2)CC1. The zero-order valence-corrected chi connectivity index (χ0v) is 14.6. The largest absolute Gasteiger partial charge is 0.378 e. The molecule has 4 rings (SSSR count). The van der Waals surface area contributed by atoms with E-state index in [2.05, 4.69) is 5.32 Å². The van der Waals surface area contributed by atoms with E-state index in [9.17, 15) is 4.39 Å². The van der Waals surface area contributed by atoms with Crippen molar-refractivity contribution in [1.82, 2.24) is 5.32 Å². The minimum absolute atomic E-state index is 0.240. The van der Waals surface area contributed by atoms with E-state index in [1.807, 2.05) is 0 Å². The first-order valence-electron chi connectivity index (χ1n) is 9.99. The summed E-state index contributed by atoms with van der Waals surface area (Å²) in [5, 5.41) is 3.54. The van der Waals surface area contributed by atoms with Crippen molar-refractivity contribution in [3.8, 4) is 0 Å². The maximum Gasteiger partial charge on any atom is 0.147 e. The van der Waals surface area contributed by atoms with Gasteiger partial charge in [0, 0.05) is 13.0 Å². The van der Waals surface area contributed by atoms with Crippen molar-refractivity contribution >= 4 is 0 Å². The number of ether oxygens (including phenoxy) is 3. The first kappa shape index (κ1) is 17.2. The summed E-state index contributed by atoms with van der Waals surface area (Å²) in [6.45, 7) is 3.46. The molecule has 0 aromatic rings. The Hall–Kier alpha value is -0.230. The lowest BCUT2D eigenvalue weighted by molar-refractivity contribution is -0.0519. The van der Waals surface area contributed by atoms with E-state index < -0.39 is 6.17 Å². The molecule has 0 aromatic carbocycles. The molecule has 0 amide bonds. The van der Waals surface area contributed by atoms with Gasteiger partial charge in [-0.1, -0.05) is 0 Å². The van der Waals surface area contributed by atoms with Gasteiger partial charge < -0.3 is 19.5 Å². The molecule has 2 aliphatic carbocycles. The van der Waals surface area contributed by atoms with Gasteiger partial charge in [-0.25, -0.2) is 4.39 Å². The number of hydrogen-bond acceptors (Lipinski definition) is 4. The summed E-state index contributed by atoms with van der Waals surface area (Å²) < 4.78 is 31.0. The summed E-state index contributed by atoms with van der Waals surface area (Å²) in [5.74, 6) is 1.99. The number of rotatable bonds is 4. The average Bonchev–Trinajstić information content (AvgIpc) is 3.09. The standard InChI is InChI=1S/C19H32FNO3/c20-15-3-1-13(2-4-15)17-7-8-21-10-14(17)11-22-16-5-6-18-19(9-16)24-12-23-18/h13-19,21H,1-12H2/t13?,14-,15?,16?,17-,18?,19?/m0/s1. The Morgan fingerprint density at radius 1 is 0.958 bits per heavy atom. The Balaban J connectivity index is 1.27. The highest BCUT2D eigenvalue weighted by atomic mass is 19.1. The molecule has 4 fully saturated rings. The highest BCUT2D eigenvalue weighted by Gasteiger charge is 2.38. The van der Waals surface area contributed by atoms with Crippen molar-refractivity contribution in [3.05, 3.63) is 0 Å². The second kappa shape index (κ2) is 7.98. The molecule has 1 N–H and O–H groups in total. The van der Waals surface area contributed by atoms with E-state index in [4.69, 9.17) is 14.2 Å². The van der Waals surface area contributed by atoms with Gasteiger partial charge in [0.2, 0.25) is 0 Å². The molecule has 0 spiro atoms. The first-order valence-corrected chi connectivity index (χ1v) is 9.99. The predicted octanol–water partition coefficient (Wildman–Crippen LogP) is 3.05. The fourth-order valence-corrected chi connectivity index (χ4v) is 5.31. The highest BCUT2D eigenvalue weighted by molar-refractivity contribution is 4.88. The van der Waals surface area contributed by atoms with Crippen LogP contribution < -0.4 is 5.32 Å². The molecule has 3 unspecified atom stereocenters. The zero-order chi connectivity index (χ0) is 16.4. The van der Waals surface area contributed by atoms with E-state index in [1.165, 1.54) is 6.42 Å². The smallest absolute Gasteiger partial charge is 0.147 e. The lowest BCUT2D eigenvalue weighted by Gasteiger charge is -2.40. The number of fused-ring (bicyclic) bond motifs is 1. The summed E-state index contributed by atoms with van der Waals surface area (Å²) in [4.78, 5) is 0. The van der Waals surface area contributed by atoms with Gasteiger partial charge in [-0.05, 0) is 69.2 Å². The van der Waals surface area contributed by atoms with Gasteiger partial charge in [0.05, 0.1) is 24.9 Å². The number of alkyl halides is 1. The second-order valence-electron chi connectivity index (χ2n) is 8.23. The Morgan fingerprint density at radius 2 is 1.79 bits per heavy atom. The van der Waals surface area contributed by atoms with Gasteiger partial charge in [0.1, 0.15) is 13.0 Å². The molecule has 0 bridgehead atoms. The van der Waals surface area contributed by atoms with Gasteiger partial charge in [0.15, 0.2) is 0 Å². The van der Waals surface area contributed by atoms with Crippen LogP contribution in [0.5, 0.6) is 0 Å². The number of halogens is 1. The van der Waals surface area contributed by atoms with Crippen LogP contribution in [0.2, 0.25) is 0 Å². The van der Waals surface area contributed by atoms with Crippen molar-refractivity contribution in [2.75, 3.05) is 26.5 Å². The summed E-state index contributed by atoms with van der Waals surface area (Å²) >= 11 is 0. The molecule has 4 nitrogen and oxygen atoms in total. The minimum atomic E-state index is -0.554. The van der Waals surface area contributed by atoms with E-state index >= 15 is 0 Å². The molecule has 138 valence electrons. The second-order valence-corrected chi connectivity index (χ2v) is 8.23. The lowest BCUT2D eigenvalue weighted by Crippen LogP contribution is -2.44. The van der Waals surface area contributed by atoms with Gasteiger partial charge in [0.25, 0.3) is 0 Å². The summed E-state index contributed by atoms with van der Waals surface area (Å²) in [7, 11) is 0. The minimum Gasteiger partial charge on any atom is -0.378 e. The molecule has 2 saturated heterocycles. The van der Waals surface area contributed by atoms with E-state index in [0.717, 1.165) is 64.6 Å². The fraction of sp³-hybridized carbons (Fsp3) is 1.00. The highest BCUT2D eigenvalue weighted by Crippen LogP contribution is 2.38. The molecule has 2 aliphatic heterocycles.